The third-order valence-corrected chi connectivity index (χ3v) is 2.44. The third kappa shape index (κ3) is 2.14. The zero-order valence-electron chi connectivity index (χ0n) is 8.69. The lowest BCUT2D eigenvalue weighted by Gasteiger charge is -2.03. The molecule has 0 amide bonds. The fraction of sp³-hybridized carbons (Fsp3) is 0.333. The van der Waals surface area contributed by atoms with E-state index in [-0.39, 0.29) is 0 Å². The highest BCUT2D eigenvalue weighted by molar-refractivity contribution is 14.1. The van der Waals surface area contributed by atoms with E-state index in [1.165, 1.54) is 0 Å². The van der Waals surface area contributed by atoms with Crippen LogP contribution in [-0.4, -0.2) is 24.7 Å². The van der Waals surface area contributed by atoms with Crippen molar-refractivity contribution in [3.63, 3.8) is 0 Å². The molecule has 2 aromatic heterocycles. The quantitative estimate of drug-likeness (QED) is 0.592. The van der Waals surface area contributed by atoms with E-state index in [4.69, 9.17) is 0 Å². The van der Waals surface area contributed by atoms with Crippen LogP contribution in [0.3, 0.4) is 0 Å². The molecule has 0 fully saturated rings. The van der Waals surface area contributed by atoms with Crippen molar-refractivity contribution in [2.75, 3.05) is 0 Å². The molecule has 0 atom stereocenters. The first-order valence-corrected chi connectivity index (χ1v) is 5.56. The molecule has 78 valence electrons. The number of aromatic nitrogens is 5. The fourth-order valence-electron chi connectivity index (χ4n) is 1.36. The summed E-state index contributed by atoms with van der Waals surface area (Å²) in [6.07, 6.45) is 0. The second kappa shape index (κ2) is 3.84. The van der Waals surface area contributed by atoms with Crippen LogP contribution in [-0.2, 0) is 0 Å². The van der Waals surface area contributed by atoms with Crippen molar-refractivity contribution in [3.8, 4) is 5.82 Å². The average molecular weight is 315 g/mol. The van der Waals surface area contributed by atoms with Gasteiger partial charge in [-0.25, -0.2) is 15.0 Å². The summed E-state index contributed by atoms with van der Waals surface area (Å²) in [7, 11) is 0. The van der Waals surface area contributed by atoms with Gasteiger partial charge < -0.3 is 0 Å². The smallest absolute Gasteiger partial charge is 0.160 e. The van der Waals surface area contributed by atoms with Gasteiger partial charge in [-0.15, -0.1) is 5.10 Å². The first-order valence-electron chi connectivity index (χ1n) is 4.48. The van der Waals surface area contributed by atoms with Crippen molar-refractivity contribution in [1.29, 1.82) is 0 Å². The minimum Gasteiger partial charge on any atom is -0.227 e. The number of hydrogen-bond donors (Lipinski definition) is 0. The maximum absolute atomic E-state index is 4.32. The number of hydrogen-bond acceptors (Lipinski definition) is 4. The van der Waals surface area contributed by atoms with E-state index in [1.807, 2.05) is 26.8 Å². The van der Waals surface area contributed by atoms with Crippen molar-refractivity contribution < 1.29 is 0 Å². The van der Waals surface area contributed by atoms with Crippen LogP contribution in [0.2, 0.25) is 0 Å². The molecular weight excluding hydrogens is 305 g/mol. The zero-order valence-corrected chi connectivity index (χ0v) is 10.8. The van der Waals surface area contributed by atoms with E-state index in [9.17, 15) is 0 Å². The minimum absolute atomic E-state index is 0.740. The summed E-state index contributed by atoms with van der Waals surface area (Å²) in [6, 6.07) is 1.88. The van der Waals surface area contributed by atoms with Gasteiger partial charge in [0.2, 0.25) is 0 Å². The molecule has 0 aliphatic heterocycles. The summed E-state index contributed by atoms with van der Waals surface area (Å²) < 4.78 is 2.63. The van der Waals surface area contributed by atoms with Crippen LogP contribution in [0.1, 0.15) is 17.5 Å². The molecule has 5 nitrogen and oxygen atoms in total. The topological polar surface area (TPSA) is 56.5 Å². The lowest BCUT2D eigenvalue weighted by Crippen LogP contribution is -2.05. The first-order chi connectivity index (χ1) is 7.06. The molecule has 0 aliphatic rings. The van der Waals surface area contributed by atoms with Gasteiger partial charge in [0.1, 0.15) is 21.2 Å². The van der Waals surface area contributed by atoms with E-state index in [1.54, 1.807) is 4.68 Å². The van der Waals surface area contributed by atoms with Crippen LogP contribution in [0.25, 0.3) is 5.82 Å². The lowest BCUT2D eigenvalue weighted by atomic mass is 10.5. The van der Waals surface area contributed by atoms with Crippen molar-refractivity contribution in [3.05, 3.63) is 27.2 Å². The molecule has 2 rings (SSSR count). The van der Waals surface area contributed by atoms with Crippen molar-refractivity contribution >= 4 is 22.6 Å². The predicted molar refractivity (Wildman–Crippen MR) is 63.9 cm³/mol. The van der Waals surface area contributed by atoms with Gasteiger partial charge >= 0.3 is 0 Å². The standard InChI is InChI=1S/C9H10IN5/c1-5-12-8(10)4-9(13-5)15-7(3)11-6(2)14-15/h4H,1-3H3. The summed E-state index contributed by atoms with van der Waals surface area (Å²) >= 11 is 2.16. The van der Waals surface area contributed by atoms with E-state index >= 15 is 0 Å². The minimum atomic E-state index is 0.740. The van der Waals surface area contributed by atoms with E-state index in [0.717, 1.165) is 27.0 Å². The molecular formula is C9H10IN5. The van der Waals surface area contributed by atoms with Crippen molar-refractivity contribution in [1.82, 2.24) is 24.7 Å². The Labute approximate surface area is 101 Å². The molecule has 2 heterocycles. The normalized spacial score (nSPS) is 10.7. The Morgan fingerprint density at radius 3 is 2.33 bits per heavy atom. The van der Waals surface area contributed by atoms with Gasteiger partial charge in [-0.2, -0.15) is 4.68 Å². The monoisotopic (exact) mass is 315 g/mol. The third-order valence-electron chi connectivity index (χ3n) is 1.89. The molecule has 0 unspecified atom stereocenters. The summed E-state index contributed by atoms with van der Waals surface area (Å²) in [5.41, 5.74) is 0. The maximum Gasteiger partial charge on any atom is 0.160 e. The summed E-state index contributed by atoms with van der Waals surface area (Å²) in [6.45, 7) is 5.64. The van der Waals surface area contributed by atoms with Crippen LogP contribution in [0.15, 0.2) is 6.07 Å². The SMILES string of the molecule is Cc1nc(I)cc(-n2nc(C)nc2C)n1. The van der Waals surface area contributed by atoms with Crippen molar-refractivity contribution in [2.45, 2.75) is 20.8 Å². The van der Waals surface area contributed by atoms with Gasteiger partial charge in [0.15, 0.2) is 5.82 Å². The Balaban J connectivity index is 2.58. The number of aryl methyl sites for hydroxylation is 3. The van der Waals surface area contributed by atoms with Crippen LogP contribution < -0.4 is 0 Å². The molecule has 0 N–H and O–H groups in total. The number of halogens is 1. The highest BCUT2D eigenvalue weighted by Crippen LogP contribution is 2.10. The second-order valence-electron chi connectivity index (χ2n) is 3.21. The predicted octanol–water partition coefficient (Wildman–Crippen LogP) is 1.59. The van der Waals surface area contributed by atoms with Gasteiger partial charge in [-0.3, -0.25) is 0 Å². The molecule has 2 aromatic rings. The molecule has 0 aromatic carbocycles. The van der Waals surface area contributed by atoms with E-state index in [0.29, 0.717) is 0 Å². The lowest BCUT2D eigenvalue weighted by molar-refractivity contribution is 0.787. The van der Waals surface area contributed by atoms with E-state index in [2.05, 4.69) is 42.6 Å². The highest BCUT2D eigenvalue weighted by atomic mass is 127. The van der Waals surface area contributed by atoms with Crippen LogP contribution in [0, 0.1) is 24.5 Å². The van der Waals surface area contributed by atoms with Gasteiger partial charge in [0, 0.05) is 6.07 Å². The molecule has 0 bridgehead atoms. The molecule has 6 heteroatoms. The molecule has 0 radical (unpaired) electrons. The Bertz CT molecular complexity index is 485. The molecule has 0 aliphatic carbocycles. The van der Waals surface area contributed by atoms with Crippen LogP contribution >= 0.6 is 22.6 Å². The second-order valence-corrected chi connectivity index (χ2v) is 4.32. The summed E-state index contributed by atoms with van der Waals surface area (Å²) in [5, 5.41) is 4.27. The van der Waals surface area contributed by atoms with Crippen LogP contribution in [0.4, 0.5) is 0 Å². The van der Waals surface area contributed by atoms with E-state index < -0.39 is 0 Å². The number of nitrogens with zero attached hydrogens (tertiary/aromatic N) is 5. The Kier molecular flexibility index (Phi) is 2.68. The molecule has 0 spiro atoms. The molecule has 0 saturated heterocycles. The fourth-order valence-corrected chi connectivity index (χ4v) is 1.99. The van der Waals surface area contributed by atoms with Gasteiger partial charge in [-0.1, -0.05) is 0 Å². The summed E-state index contributed by atoms with van der Waals surface area (Å²) in [4.78, 5) is 12.8. The molecule has 0 saturated carbocycles. The van der Waals surface area contributed by atoms with Gasteiger partial charge in [0.25, 0.3) is 0 Å². The first kappa shape index (κ1) is 10.5. The Hall–Kier alpha value is -1.05. The number of rotatable bonds is 1. The molecule has 15 heavy (non-hydrogen) atoms. The van der Waals surface area contributed by atoms with Crippen LogP contribution in [0.5, 0.6) is 0 Å². The highest BCUT2D eigenvalue weighted by Gasteiger charge is 2.07. The maximum atomic E-state index is 4.32. The van der Waals surface area contributed by atoms with Crippen molar-refractivity contribution in [2.24, 2.45) is 0 Å². The average Bonchev–Trinajstić information content (AvgIpc) is 2.43. The Morgan fingerprint density at radius 1 is 1.07 bits per heavy atom. The largest absolute Gasteiger partial charge is 0.227 e. The summed E-state index contributed by atoms with van der Waals surface area (Å²) in [5.74, 6) is 3.09. The zero-order chi connectivity index (χ0) is 11.0. The van der Waals surface area contributed by atoms with Gasteiger partial charge in [0.05, 0.1) is 0 Å². The van der Waals surface area contributed by atoms with Gasteiger partial charge in [-0.05, 0) is 43.4 Å². The Morgan fingerprint density at radius 2 is 1.80 bits per heavy atom.